The average Bonchev–Trinajstić information content (AvgIpc) is 3.77. The van der Waals surface area contributed by atoms with Crippen molar-refractivity contribution in [2.45, 2.75) is 0 Å². The number of rotatable bonds is 7. The van der Waals surface area contributed by atoms with Gasteiger partial charge >= 0.3 is 0 Å². The SMILES string of the molecule is c1ccc(-c2nc(-c3ccc([Si](c4ccccc4)(c4ccccc4)c4ccccc4)cc3)nc(-n3c4ccccc4n4c5ccccc5nc34)n2)cc1. The first-order valence-electron chi connectivity index (χ1n) is 17.7. The summed E-state index contributed by atoms with van der Waals surface area (Å²) in [6.45, 7) is 0. The van der Waals surface area contributed by atoms with Gasteiger partial charge in [-0.05, 0) is 45.0 Å². The van der Waals surface area contributed by atoms with Crippen LogP contribution < -0.4 is 20.7 Å². The highest BCUT2D eigenvalue weighted by Gasteiger charge is 2.41. The van der Waals surface area contributed by atoms with E-state index in [9.17, 15) is 0 Å². The Balaban J connectivity index is 1.19. The van der Waals surface area contributed by atoms with E-state index in [0.29, 0.717) is 17.6 Å². The first-order valence-corrected chi connectivity index (χ1v) is 19.7. The lowest BCUT2D eigenvalue weighted by molar-refractivity contribution is 0.937. The van der Waals surface area contributed by atoms with Crippen LogP contribution in [0.25, 0.3) is 56.6 Å². The third-order valence-corrected chi connectivity index (χ3v) is 15.0. The fraction of sp³-hybridized carbons (Fsp3) is 0. The number of para-hydroxylation sites is 4. The minimum absolute atomic E-state index is 0.515. The van der Waals surface area contributed by atoms with Crippen LogP contribution in [0.5, 0.6) is 0 Å². The molecule has 7 heteroatoms. The highest BCUT2D eigenvalue weighted by atomic mass is 28.3. The Labute approximate surface area is 307 Å². The summed E-state index contributed by atoms with van der Waals surface area (Å²) < 4.78 is 4.24. The zero-order chi connectivity index (χ0) is 35.2. The van der Waals surface area contributed by atoms with Crippen LogP contribution in [0.1, 0.15) is 0 Å². The molecule has 0 N–H and O–H groups in total. The van der Waals surface area contributed by atoms with E-state index in [2.05, 4.69) is 148 Å². The second-order valence-corrected chi connectivity index (χ2v) is 16.9. The number of imidazole rings is 2. The predicted octanol–water partition coefficient (Wildman–Crippen LogP) is 7.33. The van der Waals surface area contributed by atoms with Crippen LogP contribution in [0.3, 0.4) is 0 Å². The average molecular weight is 697 g/mol. The lowest BCUT2D eigenvalue weighted by atomic mass is 10.2. The van der Waals surface area contributed by atoms with Crippen molar-refractivity contribution < 1.29 is 0 Å². The zero-order valence-corrected chi connectivity index (χ0v) is 29.7. The number of aromatic nitrogens is 6. The van der Waals surface area contributed by atoms with E-state index >= 15 is 0 Å². The summed E-state index contributed by atoms with van der Waals surface area (Å²) in [5.74, 6) is 2.46. The van der Waals surface area contributed by atoms with Gasteiger partial charge in [0.1, 0.15) is 0 Å². The molecule has 0 spiro atoms. The molecule has 7 aromatic carbocycles. The van der Waals surface area contributed by atoms with Crippen molar-refractivity contribution in [1.82, 2.24) is 28.9 Å². The summed E-state index contributed by atoms with van der Waals surface area (Å²) in [5.41, 5.74) is 5.78. The second-order valence-electron chi connectivity index (χ2n) is 13.1. The third-order valence-electron chi connectivity index (χ3n) is 10.2. The van der Waals surface area contributed by atoms with Crippen LogP contribution in [-0.4, -0.2) is 37.0 Å². The molecule has 3 aromatic heterocycles. The maximum absolute atomic E-state index is 5.21. The van der Waals surface area contributed by atoms with Crippen LogP contribution in [0.2, 0.25) is 0 Å². The van der Waals surface area contributed by atoms with Crippen LogP contribution >= 0.6 is 0 Å². The molecule has 0 atom stereocenters. The van der Waals surface area contributed by atoms with Gasteiger partial charge in [0.05, 0.1) is 22.1 Å². The first-order chi connectivity index (χ1) is 26.3. The van der Waals surface area contributed by atoms with Gasteiger partial charge in [-0.3, -0.25) is 4.40 Å². The minimum atomic E-state index is -2.69. The Hall–Kier alpha value is -6.96. The number of fused-ring (bicyclic) bond motifs is 5. The molecule has 6 nitrogen and oxygen atoms in total. The molecule has 0 radical (unpaired) electrons. The number of nitrogens with zero attached hydrogens (tertiary/aromatic N) is 6. The summed E-state index contributed by atoms with van der Waals surface area (Å²) in [6.07, 6.45) is 0. The van der Waals surface area contributed by atoms with Gasteiger partial charge in [-0.2, -0.15) is 9.97 Å². The van der Waals surface area contributed by atoms with Gasteiger partial charge < -0.3 is 0 Å². The Morgan fingerprint density at radius 1 is 0.340 bits per heavy atom. The molecule has 250 valence electrons. The van der Waals surface area contributed by atoms with Crippen molar-refractivity contribution in [1.29, 1.82) is 0 Å². The van der Waals surface area contributed by atoms with Crippen molar-refractivity contribution in [3.05, 3.63) is 194 Å². The first kappa shape index (κ1) is 30.8. The monoisotopic (exact) mass is 696 g/mol. The number of benzene rings is 7. The van der Waals surface area contributed by atoms with Gasteiger partial charge in [0.2, 0.25) is 11.7 Å². The third kappa shape index (κ3) is 5.01. The van der Waals surface area contributed by atoms with Gasteiger partial charge in [0.25, 0.3) is 0 Å². The molecule has 0 bridgehead atoms. The Morgan fingerprint density at radius 2 is 0.774 bits per heavy atom. The van der Waals surface area contributed by atoms with Crippen molar-refractivity contribution in [2.24, 2.45) is 0 Å². The van der Waals surface area contributed by atoms with Gasteiger partial charge in [-0.15, -0.1) is 0 Å². The van der Waals surface area contributed by atoms with Gasteiger partial charge in [0.15, 0.2) is 19.7 Å². The van der Waals surface area contributed by atoms with E-state index in [1.807, 2.05) is 54.6 Å². The number of hydrogen-bond donors (Lipinski definition) is 0. The molecular formula is C46H32N6Si. The van der Waals surface area contributed by atoms with E-state index in [4.69, 9.17) is 19.9 Å². The molecule has 0 aliphatic carbocycles. The van der Waals surface area contributed by atoms with E-state index < -0.39 is 8.07 Å². The fourth-order valence-electron chi connectivity index (χ4n) is 7.79. The summed E-state index contributed by atoms with van der Waals surface area (Å²) in [7, 11) is -2.69. The Kier molecular flexibility index (Phi) is 7.37. The van der Waals surface area contributed by atoms with Crippen molar-refractivity contribution >= 4 is 56.7 Å². The molecular weight excluding hydrogens is 665 g/mol. The largest absolute Gasteiger partial charge is 0.276 e. The molecule has 3 heterocycles. The Bertz CT molecular complexity index is 2770. The second kappa shape index (κ2) is 12.7. The quantitative estimate of drug-likeness (QED) is 0.129. The molecule has 10 rings (SSSR count). The fourth-order valence-corrected chi connectivity index (χ4v) is 12.5. The molecule has 0 saturated carbocycles. The Morgan fingerprint density at radius 3 is 1.34 bits per heavy atom. The van der Waals surface area contributed by atoms with Crippen molar-refractivity contribution in [3.8, 4) is 28.7 Å². The van der Waals surface area contributed by atoms with Crippen molar-refractivity contribution in [3.63, 3.8) is 0 Å². The van der Waals surface area contributed by atoms with E-state index in [-0.39, 0.29) is 0 Å². The van der Waals surface area contributed by atoms with Crippen LogP contribution in [0.15, 0.2) is 194 Å². The maximum Gasteiger partial charge on any atom is 0.241 e. The lowest BCUT2D eigenvalue weighted by Gasteiger charge is -2.34. The lowest BCUT2D eigenvalue weighted by Crippen LogP contribution is -2.74. The summed E-state index contributed by atoms with van der Waals surface area (Å²) in [6, 6.07) is 68.5. The molecule has 0 saturated heterocycles. The smallest absolute Gasteiger partial charge is 0.241 e. The van der Waals surface area contributed by atoms with Crippen molar-refractivity contribution in [2.75, 3.05) is 0 Å². The highest BCUT2D eigenvalue weighted by molar-refractivity contribution is 7.19. The topological polar surface area (TPSA) is 60.9 Å². The predicted molar refractivity (Wildman–Crippen MR) is 217 cm³/mol. The van der Waals surface area contributed by atoms with Gasteiger partial charge in [-0.1, -0.05) is 170 Å². The zero-order valence-electron chi connectivity index (χ0n) is 28.7. The maximum atomic E-state index is 5.21. The van der Waals surface area contributed by atoms with Crippen LogP contribution in [0.4, 0.5) is 0 Å². The van der Waals surface area contributed by atoms with Gasteiger partial charge in [0, 0.05) is 11.1 Å². The summed E-state index contributed by atoms with van der Waals surface area (Å²) >= 11 is 0. The number of hydrogen-bond acceptors (Lipinski definition) is 4. The minimum Gasteiger partial charge on any atom is -0.276 e. The van der Waals surface area contributed by atoms with Crippen LogP contribution in [-0.2, 0) is 0 Å². The van der Waals surface area contributed by atoms with E-state index in [1.54, 1.807) is 0 Å². The highest BCUT2D eigenvalue weighted by Crippen LogP contribution is 2.30. The molecule has 53 heavy (non-hydrogen) atoms. The molecule has 0 amide bonds. The van der Waals surface area contributed by atoms with E-state index in [1.165, 1.54) is 20.7 Å². The van der Waals surface area contributed by atoms with Gasteiger partial charge in [-0.25, -0.2) is 14.5 Å². The molecule has 0 aliphatic heterocycles. The standard InChI is InChI=1S/C46H32N6Si/c1-5-17-33(18-6-1)43-48-44(50-45(49-43)52-42-28-16-15-27-41(42)51-40-26-14-13-25-39(40)47-46(51)52)34-29-31-38(32-30-34)53(35-19-7-2-8-20-35,36-21-9-3-10-22-36)37-23-11-4-12-24-37/h1-32H. The molecule has 0 aliphatic rings. The molecule has 10 aromatic rings. The molecule has 0 fully saturated rings. The molecule has 0 unspecified atom stereocenters. The van der Waals surface area contributed by atoms with Crippen LogP contribution in [0, 0.1) is 0 Å². The summed E-state index contributed by atoms with van der Waals surface area (Å²) in [4.78, 5) is 20.5. The summed E-state index contributed by atoms with van der Waals surface area (Å²) in [5, 5.41) is 5.27. The van der Waals surface area contributed by atoms with E-state index in [0.717, 1.165) is 39.0 Å². The normalized spacial score (nSPS) is 11.8.